The molecule has 0 N–H and O–H groups in total. The van der Waals surface area contributed by atoms with Crippen LogP contribution in [0.5, 0.6) is 0 Å². The van der Waals surface area contributed by atoms with Gasteiger partial charge in [0.15, 0.2) is 0 Å². The first-order chi connectivity index (χ1) is 14.7. The molecule has 4 rings (SSSR count). The number of nitrogens with zero attached hydrogens (tertiary/aromatic N) is 3. The Morgan fingerprint density at radius 2 is 0.667 bits per heavy atom. The summed E-state index contributed by atoms with van der Waals surface area (Å²) in [5, 5.41) is 0. The van der Waals surface area contributed by atoms with Crippen molar-refractivity contribution in [3.05, 3.63) is 106 Å². The molecule has 4 aromatic carbocycles. The Labute approximate surface area is 176 Å². The van der Waals surface area contributed by atoms with Crippen molar-refractivity contribution in [3.8, 4) is 53.1 Å². The summed E-state index contributed by atoms with van der Waals surface area (Å²) in [4.78, 5) is 11.8. The van der Waals surface area contributed by atoms with Crippen molar-refractivity contribution in [2.24, 2.45) is 0 Å². The number of hydrogen-bond acceptors (Lipinski definition) is 0. The van der Waals surface area contributed by atoms with Gasteiger partial charge in [0.2, 0.25) is 0 Å². The molecule has 0 amide bonds. The predicted molar refractivity (Wildman–Crippen MR) is 127 cm³/mol. The Hall–Kier alpha value is -4.65. The van der Waals surface area contributed by atoms with E-state index in [4.69, 9.17) is 19.7 Å². The second-order valence-electron chi connectivity index (χ2n) is 6.74. The lowest BCUT2D eigenvalue weighted by atomic mass is 9.92. The Kier molecular flexibility index (Phi) is 5.08. The van der Waals surface area contributed by atoms with E-state index in [1.54, 1.807) is 0 Å². The van der Waals surface area contributed by atoms with Crippen LogP contribution < -0.4 is 0 Å². The fraction of sp³-hybridized carbons (Fsp3) is 0. The number of rotatable bonds is 3. The molecule has 0 aliphatic heterocycles. The van der Waals surface area contributed by atoms with E-state index in [0.717, 1.165) is 33.4 Å². The summed E-state index contributed by atoms with van der Waals surface area (Å²) in [7, 11) is 0. The molecule has 0 saturated carbocycles. The normalized spacial score (nSPS) is 9.90. The minimum atomic E-state index is 0.703. The average Bonchev–Trinajstić information content (AvgIpc) is 2.83. The van der Waals surface area contributed by atoms with Crippen LogP contribution in [0, 0.1) is 19.7 Å². The molecular formula is C27H18N3+3. The molecule has 0 aliphatic carbocycles. The molecule has 0 unspecified atom stereocenters. The third-order valence-electron chi connectivity index (χ3n) is 5.00. The zero-order valence-electron chi connectivity index (χ0n) is 16.2. The zero-order chi connectivity index (χ0) is 20.9. The molecule has 30 heavy (non-hydrogen) atoms. The van der Waals surface area contributed by atoms with Crippen LogP contribution in [0.2, 0.25) is 0 Å². The van der Waals surface area contributed by atoms with Crippen molar-refractivity contribution in [2.75, 3.05) is 0 Å². The van der Waals surface area contributed by atoms with Crippen LogP contribution in [0.25, 0.3) is 47.9 Å². The summed E-state index contributed by atoms with van der Waals surface area (Å²) >= 11 is 0. The van der Waals surface area contributed by atoms with E-state index >= 15 is 0 Å². The van der Waals surface area contributed by atoms with Crippen LogP contribution in [0.1, 0.15) is 0 Å². The highest BCUT2D eigenvalue weighted by Gasteiger charge is 2.20. The van der Waals surface area contributed by atoms with E-state index in [-0.39, 0.29) is 0 Å². The first kappa shape index (κ1) is 18.7. The molecule has 0 bridgehead atoms. The van der Waals surface area contributed by atoms with Gasteiger partial charge in [-0.2, -0.15) is 0 Å². The molecule has 0 fully saturated rings. The van der Waals surface area contributed by atoms with Gasteiger partial charge in [0, 0.05) is 18.2 Å². The third-order valence-corrected chi connectivity index (χ3v) is 5.00. The average molecular weight is 384 g/mol. The van der Waals surface area contributed by atoms with Gasteiger partial charge in [0.05, 0.1) is 16.7 Å². The molecule has 0 aromatic heterocycles. The monoisotopic (exact) mass is 384 g/mol. The minimum Gasteiger partial charge on any atom is -0.0611 e. The molecule has 0 aliphatic rings. The molecule has 0 radical (unpaired) electrons. The van der Waals surface area contributed by atoms with Crippen molar-refractivity contribution in [1.82, 2.24) is 0 Å². The summed E-state index contributed by atoms with van der Waals surface area (Å²) in [6, 6.07) is 29.5. The van der Waals surface area contributed by atoms with E-state index in [0.29, 0.717) is 17.1 Å². The van der Waals surface area contributed by atoms with Gasteiger partial charge in [-0.15, -0.1) is 0 Å². The van der Waals surface area contributed by atoms with Gasteiger partial charge in [-0.1, -0.05) is 36.4 Å². The summed E-state index contributed by atoms with van der Waals surface area (Å²) in [5.41, 5.74) is 7.77. The molecular weight excluding hydrogens is 366 g/mol. The van der Waals surface area contributed by atoms with E-state index in [9.17, 15) is 0 Å². The van der Waals surface area contributed by atoms with Crippen molar-refractivity contribution < 1.29 is 0 Å². The first-order valence-electron chi connectivity index (χ1n) is 9.41. The van der Waals surface area contributed by atoms with Gasteiger partial charge in [-0.3, -0.25) is 0 Å². The largest absolute Gasteiger partial charge is 0.347 e. The van der Waals surface area contributed by atoms with Crippen molar-refractivity contribution >= 4 is 17.1 Å². The van der Waals surface area contributed by atoms with Crippen molar-refractivity contribution in [1.29, 1.82) is 0 Å². The van der Waals surface area contributed by atoms with Crippen LogP contribution in [-0.2, 0) is 0 Å². The van der Waals surface area contributed by atoms with Gasteiger partial charge < -0.3 is 0 Å². The molecule has 0 spiro atoms. The second-order valence-corrected chi connectivity index (χ2v) is 6.74. The lowest BCUT2D eigenvalue weighted by Crippen LogP contribution is -1.87. The van der Waals surface area contributed by atoms with Gasteiger partial charge in [0.1, 0.15) is 0 Å². The van der Waals surface area contributed by atoms with Gasteiger partial charge >= 0.3 is 17.1 Å². The molecule has 0 heterocycles. The summed E-state index contributed by atoms with van der Waals surface area (Å²) < 4.78 is 0. The minimum absolute atomic E-state index is 0.703. The quantitative estimate of drug-likeness (QED) is 0.336. The lowest BCUT2D eigenvalue weighted by Gasteiger charge is -2.09. The van der Waals surface area contributed by atoms with Crippen LogP contribution >= 0.6 is 0 Å². The Morgan fingerprint density at radius 1 is 0.400 bits per heavy atom. The second kappa shape index (κ2) is 8.15. The molecule has 3 nitrogen and oxygen atoms in total. The number of para-hydroxylation sites is 3. The lowest BCUT2D eigenvalue weighted by molar-refractivity contribution is 1.57. The molecule has 0 saturated heterocycles. The molecule has 0 atom stereocenters. The highest BCUT2D eigenvalue weighted by Crippen LogP contribution is 2.40. The molecule has 138 valence electrons. The predicted octanol–water partition coefficient (Wildman–Crippen LogP) is 8.47. The standard InChI is InChI=1S/C27H18N3/c1-28-25-13-7-4-10-22(25)19-16-20(23-11-5-8-14-26(23)29-2)18-21(17-19)24-12-6-9-15-27(24)30-3/h1-18H/q+3. The summed E-state index contributed by atoms with van der Waals surface area (Å²) in [6.07, 6.45) is 0. The van der Waals surface area contributed by atoms with Gasteiger partial charge in [0.25, 0.3) is 19.7 Å². The summed E-state index contributed by atoms with van der Waals surface area (Å²) in [5.74, 6) is 0. The highest BCUT2D eigenvalue weighted by atomic mass is 14.7. The van der Waals surface area contributed by atoms with Crippen LogP contribution in [0.4, 0.5) is 17.1 Å². The summed E-state index contributed by atoms with van der Waals surface area (Å²) in [6.45, 7) is 16.9. The van der Waals surface area contributed by atoms with Crippen molar-refractivity contribution in [2.45, 2.75) is 0 Å². The van der Waals surface area contributed by atoms with Gasteiger partial charge in [-0.05, 0) is 67.6 Å². The molecule has 3 heteroatoms. The first-order valence-corrected chi connectivity index (χ1v) is 9.41. The van der Waals surface area contributed by atoms with E-state index < -0.39 is 0 Å². The number of benzene rings is 4. The topological polar surface area (TPSA) is 13.1 Å². The fourth-order valence-corrected chi connectivity index (χ4v) is 3.59. The Balaban J connectivity index is 2.04. The van der Waals surface area contributed by atoms with Crippen LogP contribution in [0.15, 0.2) is 91.0 Å². The zero-order valence-corrected chi connectivity index (χ0v) is 16.2. The fourth-order valence-electron chi connectivity index (χ4n) is 3.59. The maximum atomic E-state index is 5.64. The van der Waals surface area contributed by atoms with E-state index in [2.05, 4.69) is 32.7 Å². The SMILES string of the molecule is C#[N+]c1ccccc1-c1cc(-c2ccccc2[N+]#C)cc(-c2ccccc2[N+]#C)c1. The maximum Gasteiger partial charge on any atom is 0.347 e. The Bertz CT molecular complexity index is 1200. The van der Waals surface area contributed by atoms with E-state index in [1.807, 2.05) is 72.8 Å². The van der Waals surface area contributed by atoms with Crippen LogP contribution in [-0.4, -0.2) is 0 Å². The molecule has 4 aromatic rings. The third kappa shape index (κ3) is 3.43. The highest BCUT2D eigenvalue weighted by molar-refractivity contribution is 5.91. The smallest absolute Gasteiger partial charge is 0.0611 e. The van der Waals surface area contributed by atoms with E-state index in [1.165, 1.54) is 0 Å². The Morgan fingerprint density at radius 3 is 0.933 bits per heavy atom. The van der Waals surface area contributed by atoms with Crippen LogP contribution in [0.3, 0.4) is 0 Å². The number of hydrogen-bond donors (Lipinski definition) is 0. The maximum absolute atomic E-state index is 5.64. The van der Waals surface area contributed by atoms with Crippen molar-refractivity contribution in [3.63, 3.8) is 0 Å². The van der Waals surface area contributed by atoms with Gasteiger partial charge in [-0.25, -0.2) is 0 Å².